The summed E-state index contributed by atoms with van der Waals surface area (Å²) < 4.78 is 24.3. The summed E-state index contributed by atoms with van der Waals surface area (Å²) in [5.74, 6) is -0.151. The maximum Gasteiger partial charge on any atom is 0.305 e. The number of aliphatic carboxylic acids is 1. The Hall–Kier alpha value is -2.64. The van der Waals surface area contributed by atoms with E-state index >= 15 is 0 Å². The largest absolute Gasteiger partial charge is 0.494 e. The molecule has 0 aliphatic carbocycles. The number of aryl methyl sites for hydroxylation is 2. The normalized spacial score (nSPS) is 13.0. The fourth-order valence-electron chi connectivity index (χ4n) is 2.95. The van der Waals surface area contributed by atoms with Crippen molar-refractivity contribution in [3.8, 4) is 11.5 Å². The SMILES string of the molecule is Cc1cccc(CCCOc2ccc(F)cc2)c1OCC(O)C[C@@H](O)CC(=O)O. The molecule has 1 unspecified atom stereocenters. The highest BCUT2D eigenvalue weighted by atomic mass is 19.1. The van der Waals surface area contributed by atoms with Gasteiger partial charge in [0.05, 0.1) is 25.2 Å². The van der Waals surface area contributed by atoms with Crippen molar-refractivity contribution in [2.75, 3.05) is 13.2 Å². The molecule has 7 heteroatoms. The number of aliphatic hydroxyl groups excluding tert-OH is 2. The van der Waals surface area contributed by atoms with Crippen molar-refractivity contribution in [3.05, 3.63) is 59.4 Å². The highest BCUT2D eigenvalue weighted by molar-refractivity contribution is 5.67. The lowest BCUT2D eigenvalue weighted by Crippen LogP contribution is -2.25. The minimum absolute atomic E-state index is 0.0411. The van der Waals surface area contributed by atoms with E-state index in [-0.39, 0.29) is 18.8 Å². The van der Waals surface area contributed by atoms with E-state index in [0.717, 1.165) is 17.5 Å². The van der Waals surface area contributed by atoms with Gasteiger partial charge in [0.1, 0.15) is 23.9 Å². The van der Waals surface area contributed by atoms with Crippen LogP contribution in [0.5, 0.6) is 11.5 Å². The maximum atomic E-state index is 12.9. The van der Waals surface area contributed by atoms with Crippen molar-refractivity contribution < 1.29 is 34.0 Å². The van der Waals surface area contributed by atoms with Gasteiger partial charge in [0.25, 0.3) is 0 Å². The van der Waals surface area contributed by atoms with Crippen LogP contribution >= 0.6 is 0 Å². The Labute approximate surface area is 169 Å². The van der Waals surface area contributed by atoms with Gasteiger partial charge >= 0.3 is 5.97 Å². The van der Waals surface area contributed by atoms with Crippen molar-refractivity contribution in [1.29, 1.82) is 0 Å². The van der Waals surface area contributed by atoms with Crippen molar-refractivity contribution in [2.45, 2.75) is 44.8 Å². The summed E-state index contributed by atoms with van der Waals surface area (Å²) in [7, 11) is 0. The fourth-order valence-corrected chi connectivity index (χ4v) is 2.95. The van der Waals surface area contributed by atoms with Gasteiger partial charge in [0.15, 0.2) is 0 Å². The topological polar surface area (TPSA) is 96.2 Å². The molecule has 3 N–H and O–H groups in total. The first-order chi connectivity index (χ1) is 13.8. The predicted octanol–water partition coefficient (Wildman–Crippen LogP) is 3.11. The number of benzene rings is 2. The second-order valence-corrected chi connectivity index (χ2v) is 6.92. The zero-order valence-electron chi connectivity index (χ0n) is 16.4. The van der Waals surface area contributed by atoms with Gasteiger partial charge in [-0.2, -0.15) is 0 Å². The van der Waals surface area contributed by atoms with Gasteiger partial charge < -0.3 is 24.8 Å². The van der Waals surface area contributed by atoms with Crippen molar-refractivity contribution >= 4 is 5.97 Å². The summed E-state index contributed by atoms with van der Waals surface area (Å²) in [4.78, 5) is 10.6. The molecule has 0 radical (unpaired) electrons. The number of halogens is 1. The molecule has 0 aliphatic heterocycles. The third-order valence-electron chi connectivity index (χ3n) is 4.34. The van der Waals surface area contributed by atoms with Crippen LogP contribution in [0.1, 0.15) is 30.4 Å². The van der Waals surface area contributed by atoms with Crippen molar-refractivity contribution in [1.82, 2.24) is 0 Å². The van der Waals surface area contributed by atoms with Gasteiger partial charge in [-0.25, -0.2) is 4.39 Å². The molecule has 0 fully saturated rings. The van der Waals surface area contributed by atoms with E-state index in [1.807, 2.05) is 25.1 Å². The first kappa shape index (κ1) is 22.6. The number of ether oxygens (including phenoxy) is 2. The lowest BCUT2D eigenvalue weighted by molar-refractivity contribution is -0.139. The number of para-hydroxylation sites is 1. The second kappa shape index (κ2) is 11.4. The van der Waals surface area contributed by atoms with Crippen molar-refractivity contribution in [2.24, 2.45) is 0 Å². The molecule has 0 amide bonds. The second-order valence-electron chi connectivity index (χ2n) is 6.92. The van der Waals surface area contributed by atoms with Crippen LogP contribution < -0.4 is 9.47 Å². The standard InChI is InChI=1S/C22H27FO6/c1-15-4-2-5-16(6-3-11-28-20-9-7-17(23)8-10-20)22(15)29-14-19(25)12-18(24)13-21(26)27/h2,4-5,7-10,18-19,24-25H,3,6,11-14H2,1H3,(H,26,27)/t18-,19?/m1/s1. The maximum absolute atomic E-state index is 12.9. The molecule has 0 saturated carbocycles. The zero-order chi connectivity index (χ0) is 21.2. The molecule has 0 saturated heterocycles. The molecule has 0 aliphatic rings. The molecule has 6 nitrogen and oxygen atoms in total. The van der Waals surface area contributed by atoms with E-state index in [2.05, 4.69) is 0 Å². The quantitative estimate of drug-likeness (QED) is 0.469. The van der Waals surface area contributed by atoms with E-state index in [1.165, 1.54) is 12.1 Å². The first-order valence-electron chi connectivity index (χ1n) is 9.52. The smallest absolute Gasteiger partial charge is 0.305 e. The highest BCUT2D eigenvalue weighted by Crippen LogP contribution is 2.25. The van der Waals surface area contributed by atoms with Crippen molar-refractivity contribution in [3.63, 3.8) is 0 Å². The van der Waals surface area contributed by atoms with E-state index < -0.39 is 24.6 Å². The molecular weight excluding hydrogens is 379 g/mol. The number of carbonyl (C=O) groups is 1. The van der Waals surface area contributed by atoms with Gasteiger partial charge in [-0.05, 0) is 55.2 Å². The average molecular weight is 406 g/mol. The molecular formula is C22H27FO6. The zero-order valence-corrected chi connectivity index (χ0v) is 16.4. The summed E-state index contributed by atoms with van der Waals surface area (Å²) in [6.45, 7) is 2.32. The number of hydrogen-bond donors (Lipinski definition) is 3. The number of hydrogen-bond acceptors (Lipinski definition) is 5. The monoisotopic (exact) mass is 406 g/mol. The molecule has 0 spiro atoms. The Bertz CT molecular complexity index is 777. The van der Waals surface area contributed by atoms with Gasteiger partial charge in [-0.15, -0.1) is 0 Å². The Morgan fingerprint density at radius 1 is 1.07 bits per heavy atom. The molecule has 2 rings (SSSR count). The summed E-state index contributed by atoms with van der Waals surface area (Å²) in [5, 5.41) is 28.3. The molecule has 0 bridgehead atoms. The van der Waals surface area contributed by atoms with Crippen LogP contribution in [0, 0.1) is 12.7 Å². The van der Waals surface area contributed by atoms with Crippen LogP contribution in [0.15, 0.2) is 42.5 Å². The molecule has 2 aromatic carbocycles. The third-order valence-corrected chi connectivity index (χ3v) is 4.34. The van der Waals surface area contributed by atoms with Crippen LogP contribution in [-0.4, -0.2) is 46.7 Å². The Balaban J connectivity index is 1.84. The molecule has 29 heavy (non-hydrogen) atoms. The lowest BCUT2D eigenvalue weighted by Gasteiger charge is -2.18. The summed E-state index contributed by atoms with van der Waals surface area (Å²) in [6, 6.07) is 11.6. The molecule has 2 atom stereocenters. The molecule has 0 heterocycles. The lowest BCUT2D eigenvalue weighted by atomic mass is 10.0. The van der Waals surface area contributed by atoms with Gasteiger partial charge in [0.2, 0.25) is 0 Å². The number of aliphatic hydroxyl groups is 2. The molecule has 2 aromatic rings. The first-order valence-corrected chi connectivity index (χ1v) is 9.52. The Morgan fingerprint density at radius 2 is 1.79 bits per heavy atom. The fraction of sp³-hybridized carbons (Fsp3) is 0.409. The summed E-state index contributed by atoms with van der Waals surface area (Å²) >= 11 is 0. The summed E-state index contributed by atoms with van der Waals surface area (Å²) in [5.41, 5.74) is 1.88. The van der Waals surface area contributed by atoms with E-state index in [0.29, 0.717) is 24.5 Å². The minimum atomic E-state index is -1.12. The highest BCUT2D eigenvalue weighted by Gasteiger charge is 2.17. The Kier molecular flexibility index (Phi) is 8.89. The van der Waals surface area contributed by atoms with E-state index in [9.17, 15) is 19.4 Å². The number of carboxylic acids is 1. The average Bonchev–Trinajstić information content (AvgIpc) is 2.65. The summed E-state index contributed by atoms with van der Waals surface area (Å²) in [6.07, 6.45) is -1.17. The van der Waals surface area contributed by atoms with Gasteiger partial charge in [-0.1, -0.05) is 18.2 Å². The van der Waals surface area contributed by atoms with Gasteiger partial charge in [0, 0.05) is 6.42 Å². The van der Waals surface area contributed by atoms with Crippen LogP contribution in [0.25, 0.3) is 0 Å². The number of rotatable bonds is 12. The number of carboxylic acid groups (broad SMARTS) is 1. The molecule has 158 valence electrons. The van der Waals surface area contributed by atoms with Crippen LogP contribution in [-0.2, 0) is 11.2 Å². The minimum Gasteiger partial charge on any atom is -0.494 e. The Morgan fingerprint density at radius 3 is 2.48 bits per heavy atom. The third kappa shape index (κ3) is 8.09. The van der Waals surface area contributed by atoms with E-state index in [1.54, 1.807) is 12.1 Å². The van der Waals surface area contributed by atoms with Crippen LogP contribution in [0.4, 0.5) is 4.39 Å². The predicted molar refractivity (Wildman–Crippen MR) is 106 cm³/mol. The van der Waals surface area contributed by atoms with Crippen LogP contribution in [0.2, 0.25) is 0 Å². The van der Waals surface area contributed by atoms with E-state index in [4.69, 9.17) is 14.6 Å². The molecule has 0 aromatic heterocycles. The van der Waals surface area contributed by atoms with Crippen LogP contribution in [0.3, 0.4) is 0 Å². The van der Waals surface area contributed by atoms with Gasteiger partial charge in [-0.3, -0.25) is 4.79 Å².